The zero-order valence-electron chi connectivity index (χ0n) is 19.0. The Labute approximate surface area is 192 Å². The number of likely N-dealkylation sites (N-methyl/N-ethyl adjacent to an activating group) is 1. The minimum Gasteiger partial charge on any atom is -0.507 e. The highest BCUT2D eigenvalue weighted by Gasteiger charge is 2.46. The molecule has 1 aliphatic rings. The van der Waals surface area contributed by atoms with Crippen LogP contribution in [-0.4, -0.2) is 64.8 Å². The molecule has 1 amide bonds. The van der Waals surface area contributed by atoms with Crippen LogP contribution in [0.2, 0.25) is 0 Å². The van der Waals surface area contributed by atoms with Gasteiger partial charge in [-0.05, 0) is 57.8 Å². The first kappa shape index (κ1) is 23.9. The molecule has 1 saturated heterocycles. The average molecular weight is 453 g/mol. The van der Waals surface area contributed by atoms with Crippen molar-refractivity contribution in [1.82, 2.24) is 9.80 Å². The fourth-order valence-electron chi connectivity index (χ4n) is 3.69. The zero-order valence-corrected chi connectivity index (χ0v) is 19.0. The van der Waals surface area contributed by atoms with Crippen molar-refractivity contribution in [1.29, 1.82) is 0 Å². The van der Waals surface area contributed by atoms with Crippen LogP contribution >= 0.6 is 0 Å². The quantitative estimate of drug-likeness (QED) is 0.214. The number of aliphatic hydroxyl groups excluding tert-OH is 1. The predicted octanol–water partition coefficient (Wildman–Crippen LogP) is 3.37. The summed E-state index contributed by atoms with van der Waals surface area (Å²) in [6.45, 7) is 4.47. The topological polar surface area (TPSA) is 113 Å². The van der Waals surface area contributed by atoms with Crippen LogP contribution in [0.3, 0.4) is 0 Å². The van der Waals surface area contributed by atoms with Crippen molar-refractivity contribution in [2.45, 2.75) is 26.0 Å². The third-order valence-corrected chi connectivity index (χ3v) is 5.22. The van der Waals surface area contributed by atoms with Gasteiger partial charge >= 0.3 is 0 Å². The minimum absolute atomic E-state index is 0.0275. The summed E-state index contributed by atoms with van der Waals surface area (Å²) >= 11 is 0. The molecule has 1 heterocycles. The molecule has 0 radical (unpaired) electrons. The number of benzene rings is 2. The smallest absolute Gasteiger partial charge is 0.295 e. The number of non-ortho nitro benzene ring substituents is 1. The summed E-state index contributed by atoms with van der Waals surface area (Å²) in [7, 11) is 3.67. The van der Waals surface area contributed by atoms with Crippen LogP contribution in [0.15, 0.2) is 54.1 Å². The fraction of sp³-hybridized carbons (Fsp3) is 0.333. The normalized spacial score (nSPS) is 17.8. The van der Waals surface area contributed by atoms with Gasteiger partial charge in [-0.25, -0.2) is 0 Å². The number of hydrogen-bond donors (Lipinski definition) is 1. The number of likely N-dealkylation sites (tertiary alicyclic amines) is 1. The highest BCUT2D eigenvalue weighted by Crippen LogP contribution is 2.40. The monoisotopic (exact) mass is 453 g/mol. The van der Waals surface area contributed by atoms with Crippen molar-refractivity contribution in [3.63, 3.8) is 0 Å². The standard InChI is InChI=1S/C24H27N3O6/c1-15(2)33-19-10-8-16(9-11-19)22(28)20-21(17-6-5-7-18(14-17)27(31)32)26(13-12-25(3)4)24(30)23(20)29/h5-11,14-15,21,28H,12-13H2,1-4H3/t21-/m0/s1. The summed E-state index contributed by atoms with van der Waals surface area (Å²) in [6, 6.07) is 11.4. The summed E-state index contributed by atoms with van der Waals surface area (Å²) in [6.07, 6.45) is -0.0275. The van der Waals surface area contributed by atoms with E-state index in [1.807, 2.05) is 32.8 Å². The van der Waals surface area contributed by atoms with Crippen LogP contribution in [0.1, 0.15) is 31.0 Å². The Hall–Kier alpha value is -3.72. The highest BCUT2D eigenvalue weighted by molar-refractivity contribution is 6.46. The number of nitrogens with zero attached hydrogens (tertiary/aromatic N) is 3. The maximum absolute atomic E-state index is 13.0. The number of amides is 1. The summed E-state index contributed by atoms with van der Waals surface area (Å²) in [5.74, 6) is -1.32. The Kier molecular flexibility index (Phi) is 7.13. The van der Waals surface area contributed by atoms with E-state index in [4.69, 9.17) is 4.74 Å². The number of Topliss-reactive ketones (excluding diaryl/α,β-unsaturated/α-hetero) is 1. The third kappa shape index (κ3) is 5.20. The molecule has 0 saturated carbocycles. The van der Waals surface area contributed by atoms with Gasteiger partial charge in [0.25, 0.3) is 17.4 Å². The number of ether oxygens (including phenoxy) is 1. The van der Waals surface area contributed by atoms with Gasteiger partial charge in [-0.3, -0.25) is 19.7 Å². The van der Waals surface area contributed by atoms with Gasteiger partial charge in [-0.15, -0.1) is 0 Å². The molecule has 1 atom stereocenters. The van der Waals surface area contributed by atoms with Gasteiger partial charge in [0, 0.05) is 30.8 Å². The first-order valence-corrected chi connectivity index (χ1v) is 10.5. The number of carbonyl (C=O) groups is 2. The van der Waals surface area contributed by atoms with E-state index in [1.54, 1.807) is 30.3 Å². The third-order valence-electron chi connectivity index (χ3n) is 5.22. The lowest BCUT2D eigenvalue weighted by Crippen LogP contribution is -2.35. The molecule has 1 fully saturated rings. The molecule has 0 spiro atoms. The second kappa shape index (κ2) is 9.83. The number of nitro benzene ring substituents is 1. The van der Waals surface area contributed by atoms with Crippen LogP contribution in [0.4, 0.5) is 5.69 Å². The van der Waals surface area contributed by atoms with E-state index in [9.17, 15) is 24.8 Å². The molecule has 1 N–H and O–H groups in total. The van der Waals surface area contributed by atoms with Crippen molar-refractivity contribution in [3.8, 4) is 5.75 Å². The molecular weight excluding hydrogens is 426 g/mol. The second-order valence-corrected chi connectivity index (χ2v) is 8.34. The Balaban J connectivity index is 2.11. The SMILES string of the molecule is CC(C)Oc1ccc(C(O)=C2C(=O)C(=O)N(CCN(C)C)[C@H]2c2cccc([N+](=O)[O-])c2)cc1. The van der Waals surface area contributed by atoms with Crippen molar-refractivity contribution in [2.24, 2.45) is 0 Å². The molecule has 0 aliphatic carbocycles. The van der Waals surface area contributed by atoms with Gasteiger partial charge in [0.05, 0.1) is 22.6 Å². The van der Waals surface area contributed by atoms with Crippen LogP contribution in [0, 0.1) is 10.1 Å². The van der Waals surface area contributed by atoms with E-state index in [0.717, 1.165) is 0 Å². The molecule has 1 aliphatic heterocycles. The van der Waals surface area contributed by atoms with Gasteiger partial charge in [0.15, 0.2) is 0 Å². The van der Waals surface area contributed by atoms with E-state index < -0.39 is 22.7 Å². The molecule has 9 heteroatoms. The van der Waals surface area contributed by atoms with Crippen LogP contribution < -0.4 is 4.74 Å². The Morgan fingerprint density at radius 3 is 2.42 bits per heavy atom. The highest BCUT2D eigenvalue weighted by atomic mass is 16.6. The van der Waals surface area contributed by atoms with Gasteiger partial charge < -0.3 is 19.6 Å². The van der Waals surface area contributed by atoms with Gasteiger partial charge in [0.2, 0.25) is 0 Å². The minimum atomic E-state index is -0.948. The number of carbonyl (C=O) groups excluding carboxylic acids is 2. The largest absolute Gasteiger partial charge is 0.507 e. The predicted molar refractivity (Wildman–Crippen MR) is 123 cm³/mol. The number of hydrogen-bond acceptors (Lipinski definition) is 7. The van der Waals surface area contributed by atoms with E-state index >= 15 is 0 Å². The maximum Gasteiger partial charge on any atom is 0.295 e. The molecule has 0 aromatic heterocycles. The Morgan fingerprint density at radius 1 is 1.18 bits per heavy atom. The number of aliphatic hydroxyl groups is 1. The Bertz CT molecular complexity index is 1090. The molecule has 2 aromatic rings. The van der Waals surface area contributed by atoms with E-state index in [-0.39, 0.29) is 29.7 Å². The second-order valence-electron chi connectivity index (χ2n) is 8.34. The molecule has 174 valence electrons. The molecule has 3 rings (SSSR count). The summed E-state index contributed by atoms with van der Waals surface area (Å²) in [4.78, 5) is 39.9. The van der Waals surface area contributed by atoms with Gasteiger partial charge in [-0.2, -0.15) is 0 Å². The lowest BCUT2D eigenvalue weighted by molar-refractivity contribution is -0.384. The summed E-state index contributed by atoms with van der Waals surface area (Å²) in [5.41, 5.74) is 0.452. The molecule has 33 heavy (non-hydrogen) atoms. The lowest BCUT2D eigenvalue weighted by Gasteiger charge is -2.26. The van der Waals surface area contributed by atoms with Crippen molar-refractivity contribution < 1.29 is 24.4 Å². The number of rotatable bonds is 8. The van der Waals surface area contributed by atoms with Crippen molar-refractivity contribution in [3.05, 3.63) is 75.3 Å². The van der Waals surface area contributed by atoms with E-state index in [2.05, 4.69) is 0 Å². The van der Waals surface area contributed by atoms with Crippen LogP contribution in [0.25, 0.3) is 5.76 Å². The van der Waals surface area contributed by atoms with Gasteiger partial charge in [0.1, 0.15) is 11.5 Å². The molecule has 0 bridgehead atoms. The molecule has 0 unspecified atom stereocenters. The lowest BCUT2D eigenvalue weighted by atomic mass is 9.95. The molecule has 2 aromatic carbocycles. The average Bonchev–Trinajstić information content (AvgIpc) is 3.02. The summed E-state index contributed by atoms with van der Waals surface area (Å²) < 4.78 is 5.61. The van der Waals surface area contributed by atoms with Crippen molar-refractivity contribution in [2.75, 3.05) is 27.2 Å². The zero-order chi connectivity index (χ0) is 24.3. The maximum atomic E-state index is 13.0. The van der Waals surface area contributed by atoms with Crippen LogP contribution in [-0.2, 0) is 9.59 Å². The van der Waals surface area contributed by atoms with E-state index in [1.165, 1.54) is 23.1 Å². The molecular formula is C24H27N3O6. The van der Waals surface area contributed by atoms with Crippen molar-refractivity contribution >= 4 is 23.1 Å². The summed E-state index contributed by atoms with van der Waals surface area (Å²) in [5, 5.41) is 22.4. The number of ketones is 1. The fourth-order valence-corrected chi connectivity index (χ4v) is 3.69. The first-order chi connectivity index (χ1) is 15.6. The Morgan fingerprint density at radius 2 is 1.85 bits per heavy atom. The van der Waals surface area contributed by atoms with E-state index in [0.29, 0.717) is 23.4 Å². The first-order valence-electron chi connectivity index (χ1n) is 10.5. The molecule has 9 nitrogen and oxygen atoms in total. The van der Waals surface area contributed by atoms with Gasteiger partial charge in [-0.1, -0.05) is 12.1 Å². The van der Waals surface area contributed by atoms with Crippen LogP contribution in [0.5, 0.6) is 5.75 Å². The number of nitro groups is 1.